The summed E-state index contributed by atoms with van der Waals surface area (Å²) in [5.74, 6) is -0.0262. The molecular formula is C14H8N2O. The van der Waals surface area contributed by atoms with Crippen molar-refractivity contribution in [2.45, 2.75) is 24.0 Å². The van der Waals surface area contributed by atoms with Crippen LogP contribution in [0.1, 0.15) is 23.0 Å². The van der Waals surface area contributed by atoms with Gasteiger partial charge in [0.2, 0.25) is 0 Å². The van der Waals surface area contributed by atoms with Gasteiger partial charge in [-0.05, 0) is 11.1 Å². The Labute approximate surface area is 98.5 Å². The van der Waals surface area contributed by atoms with E-state index >= 15 is 0 Å². The van der Waals surface area contributed by atoms with Gasteiger partial charge in [-0.15, -0.1) is 0 Å². The Kier molecular flexibility index (Phi) is 1.46. The number of hydrogen-bond acceptors (Lipinski definition) is 3. The van der Waals surface area contributed by atoms with E-state index in [0.29, 0.717) is 11.1 Å². The quantitative estimate of drug-likeness (QED) is 0.628. The topological polar surface area (TPSA) is 60.1 Å². The molecule has 1 aliphatic heterocycles. The Hall–Kier alpha value is -2.10. The molecule has 3 heteroatoms. The van der Waals surface area contributed by atoms with Crippen LogP contribution in [0.4, 0.5) is 0 Å². The summed E-state index contributed by atoms with van der Waals surface area (Å²) in [6.07, 6.45) is 0.253. The van der Waals surface area contributed by atoms with Crippen LogP contribution in [0.2, 0.25) is 0 Å². The molecule has 1 aromatic rings. The molecule has 4 atom stereocenters. The van der Waals surface area contributed by atoms with Crippen molar-refractivity contribution in [3.8, 4) is 12.1 Å². The minimum absolute atomic E-state index is 0.0131. The first-order valence-electron chi connectivity index (χ1n) is 5.65. The van der Waals surface area contributed by atoms with Crippen LogP contribution >= 0.6 is 0 Å². The normalized spacial score (nSPS) is 35.6. The molecule has 1 fully saturated rings. The van der Waals surface area contributed by atoms with Crippen LogP contribution in [-0.4, -0.2) is 12.2 Å². The van der Waals surface area contributed by atoms with Crippen molar-refractivity contribution < 1.29 is 4.74 Å². The maximum atomic E-state index is 9.26. The molecule has 0 amide bonds. The van der Waals surface area contributed by atoms with Gasteiger partial charge >= 0.3 is 0 Å². The number of nitriles is 2. The number of benzene rings is 1. The minimum Gasteiger partial charge on any atom is -0.367 e. The Morgan fingerprint density at radius 3 is 1.76 bits per heavy atom. The first kappa shape index (κ1) is 8.98. The number of ether oxygens (including phenoxy) is 1. The molecule has 0 unspecified atom stereocenters. The molecule has 0 saturated carbocycles. The maximum Gasteiger partial charge on any atom is 0.0968 e. The smallest absolute Gasteiger partial charge is 0.0968 e. The van der Waals surface area contributed by atoms with Crippen LogP contribution in [-0.2, 0) is 4.74 Å². The Bertz CT molecular complexity index is 592. The number of nitrogens with zero attached hydrogens (tertiary/aromatic N) is 2. The van der Waals surface area contributed by atoms with Gasteiger partial charge in [0.1, 0.15) is 0 Å². The second kappa shape index (κ2) is 2.77. The third-order valence-corrected chi connectivity index (χ3v) is 4.04. The van der Waals surface area contributed by atoms with Crippen molar-refractivity contribution in [1.29, 1.82) is 10.5 Å². The molecule has 2 bridgehead atoms. The molecule has 3 aliphatic carbocycles. The number of epoxide rings is 1. The summed E-state index contributed by atoms with van der Waals surface area (Å²) in [4.78, 5) is 0. The van der Waals surface area contributed by atoms with Gasteiger partial charge in [0, 0.05) is 11.8 Å². The fourth-order valence-corrected chi connectivity index (χ4v) is 3.34. The van der Waals surface area contributed by atoms with E-state index in [1.807, 2.05) is 12.1 Å². The molecule has 17 heavy (non-hydrogen) atoms. The van der Waals surface area contributed by atoms with Crippen molar-refractivity contribution in [2.24, 2.45) is 0 Å². The van der Waals surface area contributed by atoms with Gasteiger partial charge < -0.3 is 4.74 Å². The van der Waals surface area contributed by atoms with Crippen LogP contribution in [0.25, 0.3) is 0 Å². The average Bonchev–Trinajstić information content (AvgIpc) is 3.17. The van der Waals surface area contributed by atoms with E-state index in [1.54, 1.807) is 0 Å². The lowest BCUT2D eigenvalue weighted by Crippen LogP contribution is -2.31. The first-order chi connectivity index (χ1) is 8.36. The molecule has 0 spiro atoms. The molecule has 1 saturated heterocycles. The lowest BCUT2D eigenvalue weighted by atomic mass is 9.64. The molecular weight excluding hydrogens is 212 g/mol. The Balaban J connectivity index is 2.05. The van der Waals surface area contributed by atoms with Gasteiger partial charge in [0.05, 0.1) is 35.5 Å². The second-order valence-corrected chi connectivity index (χ2v) is 4.70. The Morgan fingerprint density at radius 2 is 1.35 bits per heavy atom. The van der Waals surface area contributed by atoms with Gasteiger partial charge in [-0.1, -0.05) is 24.3 Å². The summed E-state index contributed by atoms with van der Waals surface area (Å²) in [6, 6.07) is 12.5. The molecule has 1 heterocycles. The molecule has 3 nitrogen and oxygen atoms in total. The standard InChI is InChI=1S/C14H8N2O/c15-5-9-10(6-16)12-8-4-2-1-3-7(8)11(9)13-14(12)17-13/h1-4,11-14H/t11-,12+,13+,14-. The zero-order valence-electron chi connectivity index (χ0n) is 8.92. The van der Waals surface area contributed by atoms with Crippen molar-refractivity contribution in [1.82, 2.24) is 0 Å². The molecule has 4 aliphatic rings. The molecule has 5 rings (SSSR count). The van der Waals surface area contributed by atoms with Gasteiger partial charge in [0.15, 0.2) is 0 Å². The molecule has 0 N–H and O–H groups in total. The highest BCUT2D eigenvalue weighted by Crippen LogP contribution is 2.60. The summed E-state index contributed by atoms with van der Waals surface area (Å²) >= 11 is 0. The predicted molar refractivity (Wildman–Crippen MR) is 58.8 cm³/mol. The largest absolute Gasteiger partial charge is 0.367 e. The maximum absolute atomic E-state index is 9.26. The van der Waals surface area contributed by atoms with E-state index in [0.717, 1.165) is 0 Å². The van der Waals surface area contributed by atoms with Crippen molar-refractivity contribution in [3.63, 3.8) is 0 Å². The van der Waals surface area contributed by atoms with Crippen LogP contribution in [0.15, 0.2) is 35.4 Å². The molecule has 0 radical (unpaired) electrons. The average molecular weight is 220 g/mol. The highest BCUT2D eigenvalue weighted by atomic mass is 16.6. The first-order valence-corrected chi connectivity index (χ1v) is 5.65. The van der Waals surface area contributed by atoms with E-state index in [9.17, 15) is 10.5 Å². The monoisotopic (exact) mass is 220 g/mol. The van der Waals surface area contributed by atoms with E-state index in [-0.39, 0.29) is 24.0 Å². The third kappa shape index (κ3) is 0.895. The zero-order valence-corrected chi connectivity index (χ0v) is 8.92. The van der Waals surface area contributed by atoms with Gasteiger partial charge in [-0.3, -0.25) is 0 Å². The van der Waals surface area contributed by atoms with E-state index in [2.05, 4.69) is 24.3 Å². The van der Waals surface area contributed by atoms with Crippen LogP contribution in [0, 0.1) is 22.7 Å². The third-order valence-electron chi connectivity index (χ3n) is 4.04. The van der Waals surface area contributed by atoms with Gasteiger partial charge in [0.25, 0.3) is 0 Å². The fraction of sp³-hybridized carbons (Fsp3) is 0.286. The number of rotatable bonds is 0. The SMILES string of the molecule is N#CC1=C(C#N)[C@H]2c3ccccc3[C@@H]1[C@H]1O[C@H]12. The fourth-order valence-electron chi connectivity index (χ4n) is 3.34. The zero-order chi connectivity index (χ0) is 11.6. The molecule has 0 aromatic heterocycles. The van der Waals surface area contributed by atoms with E-state index in [4.69, 9.17) is 4.74 Å². The Morgan fingerprint density at radius 1 is 0.882 bits per heavy atom. The van der Waals surface area contributed by atoms with Crippen molar-refractivity contribution >= 4 is 0 Å². The summed E-state index contributed by atoms with van der Waals surface area (Å²) in [7, 11) is 0. The highest BCUT2D eigenvalue weighted by Gasteiger charge is 2.61. The van der Waals surface area contributed by atoms with Crippen LogP contribution < -0.4 is 0 Å². The minimum atomic E-state index is -0.0131. The summed E-state index contributed by atoms with van der Waals surface area (Å²) < 4.78 is 5.67. The molecule has 80 valence electrons. The lowest BCUT2D eigenvalue weighted by molar-refractivity contribution is 0.363. The second-order valence-electron chi connectivity index (χ2n) is 4.70. The van der Waals surface area contributed by atoms with Gasteiger partial charge in [-0.2, -0.15) is 10.5 Å². The van der Waals surface area contributed by atoms with Crippen molar-refractivity contribution in [2.75, 3.05) is 0 Å². The van der Waals surface area contributed by atoms with E-state index < -0.39 is 0 Å². The van der Waals surface area contributed by atoms with Gasteiger partial charge in [-0.25, -0.2) is 0 Å². The predicted octanol–water partition coefficient (Wildman–Crippen LogP) is 1.99. The van der Waals surface area contributed by atoms with E-state index in [1.165, 1.54) is 11.1 Å². The van der Waals surface area contributed by atoms with Crippen LogP contribution in [0.5, 0.6) is 0 Å². The summed E-state index contributed by atoms with van der Waals surface area (Å²) in [6.45, 7) is 0. The summed E-state index contributed by atoms with van der Waals surface area (Å²) in [5.41, 5.74) is 3.59. The number of hydrogen-bond donors (Lipinski definition) is 0. The van der Waals surface area contributed by atoms with Crippen molar-refractivity contribution in [3.05, 3.63) is 46.5 Å². The van der Waals surface area contributed by atoms with Crippen LogP contribution in [0.3, 0.4) is 0 Å². The molecule has 1 aromatic carbocycles. The summed E-state index contributed by atoms with van der Waals surface area (Å²) in [5, 5.41) is 18.5. The lowest BCUT2D eigenvalue weighted by Gasteiger charge is -2.34. The highest BCUT2D eigenvalue weighted by molar-refractivity contribution is 5.63.